The molecule has 0 radical (unpaired) electrons. The number of benzene rings is 1. The number of methoxy groups -OCH3 is 1. The average molecular weight is 488 g/mol. The highest BCUT2D eigenvalue weighted by molar-refractivity contribution is 6.03. The van der Waals surface area contributed by atoms with Crippen molar-refractivity contribution in [3.05, 3.63) is 24.3 Å². The molecular formula is C26H37N3O6. The standard InChI is InChI=1S/C26H37N3O6/c1-4-14-27-22(31)19-20-24(33)29(15-6-5-7-16-30)21(26(20)13-12-25(19,2)35-26)23(32)28-17-8-10-18(34-3)11-9-17/h8-11,19-21,30H,4-7,12-16H2,1-3H3,(H,27,31)(H,28,32)/t19-,20-,21?,25+,26?/m0/s1. The smallest absolute Gasteiger partial charge is 0.250 e. The van der Waals surface area contributed by atoms with E-state index >= 15 is 0 Å². The van der Waals surface area contributed by atoms with E-state index < -0.39 is 29.1 Å². The van der Waals surface area contributed by atoms with Crippen LogP contribution in [0.4, 0.5) is 5.69 Å². The van der Waals surface area contributed by atoms with E-state index in [0.29, 0.717) is 50.2 Å². The number of aliphatic hydroxyl groups is 1. The molecule has 5 atom stereocenters. The SMILES string of the molecule is CCCNC(=O)[C@@H]1[C@H]2C(=O)N(CCCCCO)C(C(=O)Nc3ccc(OC)cc3)C23CC[C@@]1(C)O3. The Bertz CT molecular complexity index is 953. The third-order valence-corrected chi connectivity index (χ3v) is 7.77. The number of carbonyl (C=O) groups is 3. The van der Waals surface area contributed by atoms with E-state index in [9.17, 15) is 14.4 Å². The second-order valence-electron chi connectivity index (χ2n) is 10.1. The maximum absolute atomic E-state index is 13.8. The minimum Gasteiger partial charge on any atom is -0.497 e. The molecule has 0 aromatic heterocycles. The van der Waals surface area contributed by atoms with E-state index in [2.05, 4.69) is 10.6 Å². The summed E-state index contributed by atoms with van der Waals surface area (Å²) in [4.78, 5) is 42.4. The van der Waals surface area contributed by atoms with Crippen molar-refractivity contribution in [2.45, 2.75) is 69.6 Å². The Morgan fingerprint density at radius 2 is 1.91 bits per heavy atom. The van der Waals surface area contributed by atoms with Crippen LogP contribution >= 0.6 is 0 Å². The third kappa shape index (κ3) is 4.40. The van der Waals surface area contributed by atoms with Crippen LogP contribution in [0.5, 0.6) is 5.75 Å². The van der Waals surface area contributed by atoms with Crippen molar-refractivity contribution in [2.24, 2.45) is 11.8 Å². The quantitative estimate of drug-likeness (QED) is 0.412. The number of nitrogens with one attached hydrogen (secondary N) is 2. The molecule has 192 valence electrons. The first kappa shape index (κ1) is 25.4. The highest BCUT2D eigenvalue weighted by atomic mass is 16.5. The van der Waals surface area contributed by atoms with Gasteiger partial charge in [-0.25, -0.2) is 0 Å². The summed E-state index contributed by atoms with van der Waals surface area (Å²) in [7, 11) is 1.58. The topological polar surface area (TPSA) is 117 Å². The molecule has 0 aliphatic carbocycles. The number of likely N-dealkylation sites (tertiary alicyclic amines) is 1. The minimum absolute atomic E-state index is 0.0863. The van der Waals surface area contributed by atoms with E-state index in [1.54, 1.807) is 36.3 Å². The van der Waals surface area contributed by atoms with Crippen molar-refractivity contribution >= 4 is 23.4 Å². The zero-order valence-electron chi connectivity index (χ0n) is 20.8. The largest absolute Gasteiger partial charge is 0.497 e. The van der Waals surface area contributed by atoms with Crippen LogP contribution in [0.3, 0.4) is 0 Å². The number of fused-ring (bicyclic) bond motifs is 1. The van der Waals surface area contributed by atoms with Crippen LogP contribution in [0.1, 0.15) is 52.4 Å². The monoisotopic (exact) mass is 487 g/mol. The summed E-state index contributed by atoms with van der Waals surface area (Å²) in [6.07, 6.45) is 3.99. The Labute approximate surface area is 206 Å². The number of anilines is 1. The Morgan fingerprint density at radius 1 is 1.17 bits per heavy atom. The van der Waals surface area contributed by atoms with Crippen LogP contribution in [0.2, 0.25) is 0 Å². The summed E-state index contributed by atoms with van der Waals surface area (Å²) >= 11 is 0. The van der Waals surface area contributed by atoms with Gasteiger partial charge in [0.2, 0.25) is 17.7 Å². The van der Waals surface area contributed by atoms with Crippen molar-refractivity contribution in [2.75, 3.05) is 32.1 Å². The lowest BCUT2D eigenvalue weighted by atomic mass is 9.66. The number of nitrogens with zero attached hydrogens (tertiary/aromatic N) is 1. The molecule has 3 aliphatic heterocycles. The maximum atomic E-state index is 13.8. The molecule has 35 heavy (non-hydrogen) atoms. The van der Waals surface area contributed by atoms with E-state index in [1.807, 2.05) is 13.8 Å². The molecule has 9 heteroatoms. The van der Waals surface area contributed by atoms with Gasteiger partial charge in [0.15, 0.2) is 0 Å². The molecule has 3 N–H and O–H groups in total. The van der Waals surface area contributed by atoms with Crippen LogP contribution in [-0.4, -0.2) is 71.8 Å². The van der Waals surface area contributed by atoms with E-state index in [4.69, 9.17) is 14.6 Å². The summed E-state index contributed by atoms with van der Waals surface area (Å²) in [5.41, 5.74) is -1.22. The second kappa shape index (κ2) is 10.1. The Balaban J connectivity index is 1.64. The first-order valence-corrected chi connectivity index (χ1v) is 12.7. The van der Waals surface area contributed by atoms with Crippen LogP contribution < -0.4 is 15.4 Å². The van der Waals surface area contributed by atoms with Gasteiger partial charge in [0.1, 0.15) is 17.4 Å². The zero-order valence-corrected chi connectivity index (χ0v) is 20.8. The molecule has 2 unspecified atom stereocenters. The van der Waals surface area contributed by atoms with Crippen LogP contribution in [0, 0.1) is 11.8 Å². The number of unbranched alkanes of at least 4 members (excludes halogenated alkanes) is 2. The highest BCUT2D eigenvalue weighted by Crippen LogP contribution is 2.63. The van der Waals surface area contributed by atoms with Crippen LogP contribution in [-0.2, 0) is 19.1 Å². The van der Waals surface area contributed by atoms with Crippen molar-refractivity contribution in [1.82, 2.24) is 10.2 Å². The molecule has 9 nitrogen and oxygen atoms in total. The van der Waals surface area contributed by atoms with Gasteiger partial charge in [0.05, 0.1) is 24.5 Å². The Hall–Kier alpha value is -2.65. The molecule has 2 bridgehead atoms. The molecule has 3 saturated heterocycles. The van der Waals surface area contributed by atoms with Crippen molar-refractivity contribution in [3.8, 4) is 5.75 Å². The van der Waals surface area contributed by atoms with Gasteiger partial charge in [0.25, 0.3) is 0 Å². The lowest BCUT2D eigenvalue weighted by molar-refractivity contribution is -0.144. The molecule has 1 aromatic carbocycles. The second-order valence-corrected chi connectivity index (χ2v) is 10.1. The van der Waals surface area contributed by atoms with Gasteiger partial charge >= 0.3 is 0 Å². The summed E-state index contributed by atoms with van der Waals surface area (Å²) in [6.45, 7) is 4.87. The van der Waals surface area contributed by atoms with Crippen molar-refractivity contribution in [3.63, 3.8) is 0 Å². The molecule has 3 heterocycles. The fourth-order valence-corrected chi connectivity index (χ4v) is 6.18. The molecule has 3 aliphatic rings. The molecule has 3 amide bonds. The van der Waals surface area contributed by atoms with E-state index in [1.165, 1.54) is 0 Å². The normalized spacial score (nSPS) is 30.9. The number of rotatable bonds is 11. The van der Waals surface area contributed by atoms with Crippen molar-refractivity contribution < 1.29 is 29.0 Å². The lowest BCUT2D eigenvalue weighted by Gasteiger charge is -2.33. The highest BCUT2D eigenvalue weighted by Gasteiger charge is 2.77. The third-order valence-electron chi connectivity index (χ3n) is 7.77. The number of ether oxygens (including phenoxy) is 2. The molecule has 4 rings (SSSR count). The van der Waals surface area contributed by atoms with Gasteiger partial charge in [-0.3, -0.25) is 14.4 Å². The first-order chi connectivity index (χ1) is 16.8. The molecule has 1 aromatic rings. The Kier molecular flexibility index (Phi) is 7.38. The number of amides is 3. The summed E-state index contributed by atoms with van der Waals surface area (Å²) in [5, 5.41) is 15.1. The lowest BCUT2D eigenvalue weighted by Crippen LogP contribution is -2.53. The molecular weight excluding hydrogens is 450 g/mol. The number of hydrogen-bond acceptors (Lipinski definition) is 6. The van der Waals surface area contributed by atoms with Gasteiger partial charge in [0, 0.05) is 25.4 Å². The number of carbonyl (C=O) groups excluding carboxylic acids is 3. The predicted octanol–water partition coefficient (Wildman–Crippen LogP) is 2.09. The van der Waals surface area contributed by atoms with Crippen LogP contribution in [0.15, 0.2) is 24.3 Å². The van der Waals surface area contributed by atoms with Gasteiger partial charge in [-0.15, -0.1) is 0 Å². The van der Waals surface area contributed by atoms with Gasteiger partial charge in [-0.1, -0.05) is 6.92 Å². The fraction of sp³-hybridized carbons (Fsp3) is 0.654. The van der Waals surface area contributed by atoms with Gasteiger partial charge in [-0.05, 0) is 69.7 Å². The van der Waals surface area contributed by atoms with Crippen molar-refractivity contribution in [1.29, 1.82) is 0 Å². The van der Waals surface area contributed by atoms with Gasteiger partial charge in [-0.2, -0.15) is 0 Å². The zero-order chi connectivity index (χ0) is 25.2. The molecule has 0 saturated carbocycles. The average Bonchev–Trinajstić information content (AvgIpc) is 3.41. The fourth-order valence-electron chi connectivity index (χ4n) is 6.18. The minimum atomic E-state index is -1.03. The Morgan fingerprint density at radius 3 is 2.57 bits per heavy atom. The molecule has 1 spiro atoms. The number of aliphatic hydroxyl groups excluding tert-OH is 1. The summed E-state index contributed by atoms with van der Waals surface area (Å²) < 4.78 is 11.8. The summed E-state index contributed by atoms with van der Waals surface area (Å²) in [6, 6.07) is 6.20. The predicted molar refractivity (Wildman–Crippen MR) is 130 cm³/mol. The van der Waals surface area contributed by atoms with E-state index in [-0.39, 0.29) is 24.3 Å². The first-order valence-electron chi connectivity index (χ1n) is 12.7. The molecule has 3 fully saturated rings. The van der Waals surface area contributed by atoms with E-state index in [0.717, 1.165) is 12.8 Å². The number of hydrogen-bond donors (Lipinski definition) is 3. The van der Waals surface area contributed by atoms with Crippen LogP contribution in [0.25, 0.3) is 0 Å². The summed E-state index contributed by atoms with van der Waals surface area (Å²) in [5.74, 6) is -1.33. The van der Waals surface area contributed by atoms with Gasteiger partial charge < -0.3 is 30.1 Å². The maximum Gasteiger partial charge on any atom is 0.250 e.